The first-order valence-corrected chi connectivity index (χ1v) is 6.94. The van der Waals surface area contributed by atoms with Gasteiger partial charge in [-0.25, -0.2) is 0 Å². The Morgan fingerprint density at radius 1 is 1.50 bits per heavy atom. The number of hydrogen-bond donors (Lipinski definition) is 1. The van der Waals surface area contributed by atoms with Crippen molar-refractivity contribution in [3.8, 4) is 0 Å². The van der Waals surface area contributed by atoms with Gasteiger partial charge in [0.25, 0.3) is 0 Å². The minimum Gasteiger partial charge on any atom is -0.349 e. The average molecular weight is 266 g/mol. The highest BCUT2D eigenvalue weighted by Gasteiger charge is 2.55. The molecule has 3 atom stereocenters. The summed E-state index contributed by atoms with van der Waals surface area (Å²) < 4.78 is 0. The molecule has 3 heteroatoms. The highest BCUT2D eigenvalue weighted by molar-refractivity contribution is 6.30. The SMILES string of the molecule is CCC1(C(=O)NC(C)c2ccc(Cl)cc2)CC1C. The molecule has 0 saturated heterocycles. The van der Waals surface area contributed by atoms with Crippen molar-refractivity contribution in [3.05, 3.63) is 34.9 Å². The quantitative estimate of drug-likeness (QED) is 0.877. The first kappa shape index (κ1) is 13.4. The van der Waals surface area contributed by atoms with Gasteiger partial charge in [-0.15, -0.1) is 0 Å². The summed E-state index contributed by atoms with van der Waals surface area (Å²) in [4.78, 5) is 12.3. The Balaban J connectivity index is 2.01. The van der Waals surface area contributed by atoms with Crippen molar-refractivity contribution in [2.24, 2.45) is 11.3 Å². The first-order valence-electron chi connectivity index (χ1n) is 6.56. The topological polar surface area (TPSA) is 29.1 Å². The molecule has 3 unspecified atom stereocenters. The Hall–Kier alpha value is -1.02. The van der Waals surface area contributed by atoms with E-state index in [4.69, 9.17) is 11.6 Å². The molecule has 18 heavy (non-hydrogen) atoms. The van der Waals surface area contributed by atoms with Crippen molar-refractivity contribution in [3.63, 3.8) is 0 Å². The molecule has 1 aromatic carbocycles. The molecule has 2 rings (SSSR count). The fourth-order valence-corrected chi connectivity index (χ4v) is 2.76. The maximum atomic E-state index is 12.3. The monoisotopic (exact) mass is 265 g/mol. The van der Waals surface area contributed by atoms with Crippen molar-refractivity contribution in [2.45, 2.75) is 39.7 Å². The lowest BCUT2D eigenvalue weighted by Gasteiger charge is -2.19. The lowest BCUT2D eigenvalue weighted by atomic mass is 9.98. The molecule has 1 aliphatic rings. The third kappa shape index (κ3) is 2.39. The van der Waals surface area contributed by atoms with Crippen molar-refractivity contribution < 1.29 is 4.79 Å². The van der Waals surface area contributed by atoms with E-state index in [9.17, 15) is 4.79 Å². The van der Waals surface area contributed by atoms with E-state index in [2.05, 4.69) is 19.2 Å². The predicted molar refractivity (Wildman–Crippen MR) is 74.5 cm³/mol. The molecule has 0 heterocycles. The van der Waals surface area contributed by atoms with Crippen LogP contribution in [0.4, 0.5) is 0 Å². The number of nitrogens with one attached hydrogen (secondary N) is 1. The van der Waals surface area contributed by atoms with Gasteiger partial charge >= 0.3 is 0 Å². The largest absolute Gasteiger partial charge is 0.349 e. The van der Waals surface area contributed by atoms with Crippen molar-refractivity contribution in [1.29, 1.82) is 0 Å². The van der Waals surface area contributed by atoms with Gasteiger partial charge in [0, 0.05) is 5.02 Å². The summed E-state index contributed by atoms with van der Waals surface area (Å²) in [6.45, 7) is 6.25. The molecule has 1 fully saturated rings. The fraction of sp³-hybridized carbons (Fsp3) is 0.533. The summed E-state index contributed by atoms with van der Waals surface area (Å²) in [5.74, 6) is 0.708. The van der Waals surface area contributed by atoms with Crippen molar-refractivity contribution >= 4 is 17.5 Å². The van der Waals surface area contributed by atoms with Crippen LogP contribution >= 0.6 is 11.6 Å². The standard InChI is InChI=1S/C15H20ClNO/c1-4-15(9-10(15)2)14(18)17-11(3)12-5-7-13(16)8-6-12/h5-8,10-11H,4,9H2,1-3H3,(H,17,18). The van der Waals surface area contributed by atoms with E-state index in [0.717, 1.165) is 23.4 Å². The number of benzene rings is 1. The summed E-state index contributed by atoms with van der Waals surface area (Å²) in [6.07, 6.45) is 1.94. The zero-order valence-electron chi connectivity index (χ0n) is 11.2. The second kappa shape index (κ2) is 4.93. The number of rotatable bonds is 4. The van der Waals surface area contributed by atoms with E-state index in [1.54, 1.807) is 0 Å². The highest BCUT2D eigenvalue weighted by atomic mass is 35.5. The van der Waals surface area contributed by atoms with Gasteiger partial charge in [0.2, 0.25) is 5.91 Å². The fourth-order valence-electron chi connectivity index (χ4n) is 2.63. The normalized spacial score (nSPS) is 27.7. The molecular weight excluding hydrogens is 246 g/mol. The van der Waals surface area contributed by atoms with Gasteiger partial charge < -0.3 is 5.32 Å². The number of carbonyl (C=O) groups is 1. The van der Waals surface area contributed by atoms with E-state index >= 15 is 0 Å². The molecule has 1 N–H and O–H groups in total. The molecule has 2 nitrogen and oxygen atoms in total. The minimum atomic E-state index is -0.110. The molecule has 0 radical (unpaired) electrons. The van der Waals surface area contributed by atoms with Crippen LogP contribution in [0.1, 0.15) is 45.2 Å². The van der Waals surface area contributed by atoms with E-state index in [0.29, 0.717) is 5.92 Å². The van der Waals surface area contributed by atoms with Crippen molar-refractivity contribution in [1.82, 2.24) is 5.32 Å². The third-order valence-corrected chi connectivity index (χ3v) is 4.51. The van der Waals surface area contributed by atoms with Crippen LogP contribution < -0.4 is 5.32 Å². The maximum absolute atomic E-state index is 12.3. The molecule has 1 aliphatic carbocycles. The number of hydrogen-bond acceptors (Lipinski definition) is 1. The van der Waals surface area contributed by atoms with Crippen LogP contribution in [0.3, 0.4) is 0 Å². The number of halogens is 1. The van der Waals surface area contributed by atoms with Gasteiger partial charge in [-0.3, -0.25) is 4.79 Å². The van der Waals surface area contributed by atoms with E-state index < -0.39 is 0 Å². The van der Waals surface area contributed by atoms with Crippen LogP contribution in [0, 0.1) is 11.3 Å². The van der Waals surface area contributed by atoms with Gasteiger partial charge in [-0.1, -0.05) is 37.6 Å². The predicted octanol–water partition coefficient (Wildman–Crippen LogP) is 3.95. The van der Waals surface area contributed by atoms with Gasteiger partial charge in [0.05, 0.1) is 11.5 Å². The van der Waals surface area contributed by atoms with Gasteiger partial charge in [0.1, 0.15) is 0 Å². The van der Waals surface area contributed by atoms with Crippen LogP contribution in [0.15, 0.2) is 24.3 Å². The first-order chi connectivity index (χ1) is 8.49. The number of amides is 1. The van der Waals surface area contributed by atoms with Gasteiger partial charge in [0.15, 0.2) is 0 Å². The Kier molecular flexibility index (Phi) is 3.67. The molecule has 98 valence electrons. The summed E-state index contributed by atoms with van der Waals surface area (Å²) in [7, 11) is 0. The van der Waals surface area contributed by atoms with Crippen LogP contribution in [0.5, 0.6) is 0 Å². The highest BCUT2D eigenvalue weighted by Crippen LogP contribution is 2.55. The Morgan fingerprint density at radius 3 is 2.50 bits per heavy atom. The summed E-state index contributed by atoms with van der Waals surface area (Å²) in [5, 5.41) is 3.84. The third-order valence-electron chi connectivity index (χ3n) is 4.25. The molecule has 0 bridgehead atoms. The number of carbonyl (C=O) groups excluding carboxylic acids is 1. The zero-order chi connectivity index (χ0) is 13.3. The zero-order valence-corrected chi connectivity index (χ0v) is 11.9. The van der Waals surface area contributed by atoms with Crippen LogP contribution in [0.2, 0.25) is 5.02 Å². The molecule has 0 aromatic heterocycles. The maximum Gasteiger partial charge on any atom is 0.226 e. The van der Waals surface area contributed by atoms with E-state index in [1.807, 2.05) is 31.2 Å². The van der Waals surface area contributed by atoms with E-state index in [-0.39, 0.29) is 17.4 Å². The Labute approximate surface area is 114 Å². The van der Waals surface area contributed by atoms with Crippen LogP contribution in [0.25, 0.3) is 0 Å². The second-order valence-corrected chi connectivity index (χ2v) is 5.80. The molecule has 0 spiro atoms. The van der Waals surface area contributed by atoms with Gasteiger partial charge in [-0.2, -0.15) is 0 Å². The summed E-state index contributed by atoms with van der Waals surface area (Å²) in [5.41, 5.74) is 0.980. The lowest BCUT2D eigenvalue weighted by Crippen LogP contribution is -2.34. The molecule has 1 saturated carbocycles. The second-order valence-electron chi connectivity index (χ2n) is 5.36. The Bertz CT molecular complexity index is 438. The summed E-state index contributed by atoms with van der Waals surface area (Å²) in [6, 6.07) is 7.67. The molecule has 1 amide bonds. The summed E-state index contributed by atoms with van der Waals surface area (Å²) >= 11 is 5.86. The van der Waals surface area contributed by atoms with Crippen LogP contribution in [-0.4, -0.2) is 5.91 Å². The average Bonchev–Trinajstić information content (AvgIpc) is 3.02. The molecular formula is C15H20ClNO. The Morgan fingerprint density at radius 2 is 2.06 bits per heavy atom. The molecule has 1 aromatic rings. The smallest absolute Gasteiger partial charge is 0.226 e. The molecule has 0 aliphatic heterocycles. The van der Waals surface area contributed by atoms with Crippen molar-refractivity contribution in [2.75, 3.05) is 0 Å². The lowest BCUT2D eigenvalue weighted by molar-refractivity contribution is -0.127. The minimum absolute atomic E-state index is 0.0333. The van der Waals surface area contributed by atoms with Crippen LogP contribution in [-0.2, 0) is 4.79 Å². The van der Waals surface area contributed by atoms with E-state index in [1.165, 1.54) is 0 Å². The van der Waals surface area contributed by atoms with Gasteiger partial charge in [-0.05, 0) is 43.4 Å².